The number of phenolic OH excluding ortho intramolecular Hbond substituents is 1. The van der Waals surface area contributed by atoms with Crippen LogP contribution in [0.5, 0.6) is 17.2 Å². The Hall–Kier alpha value is -2.85. The maximum absolute atomic E-state index is 14.8. The van der Waals surface area contributed by atoms with Crippen LogP contribution in [-0.2, 0) is 11.4 Å². The Balaban J connectivity index is 1.93. The Morgan fingerprint density at radius 1 is 1.20 bits per heavy atom. The number of methoxy groups -OCH3 is 1. The van der Waals surface area contributed by atoms with E-state index in [1.807, 2.05) is 0 Å². The predicted octanol–water partition coefficient (Wildman–Crippen LogP) is 5.50. The van der Waals surface area contributed by atoms with E-state index in [0.29, 0.717) is 22.6 Å². The number of halogens is 3. The highest BCUT2D eigenvalue weighted by molar-refractivity contribution is 7.92. The zero-order valence-electron chi connectivity index (χ0n) is 18.9. The number of nitrogens with zero attached hydrogens (tertiary/aromatic N) is 1. The minimum absolute atomic E-state index is 0.0917. The van der Waals surface area contributed by atoms with E-state index in [9.17, 15) is 18.8 Å². The van der Waals surface area contributed by atoms with Crippen molar-refractivity contribution >= 4 is 46.2 Å². The van der Waals surface area contributed by atoms with Gasteiger partial charge in [0.2, 0.25) is 4.90 Å². The molecule has 0 fully saturated rings. The van der Waals surface area contributed by atoms with E-state index < -0.39 is 34.9 Å². The zero-order chi connectivity index (χ0) is 25.4. The summed E-state index contributed by atoms with van der Waals surface area (Å²) >= 11 is 10.3. The second-order valence-electron chi connectivity index (χ2n) is 7.96. The molecule has 4 bridgehead atoms. The fourth-order valence-electron chi connectivity index (χ4n) is 3.72. The van der Waals surface area contributed by atoms with Gasteiger partial charge in [0.15, 0.2) is 11.6 Å². The van der Waals surface area contributed by atoms with Crippen LogP contribution in [-0.4, -0.2) is 47.3 Å². The van der Waals surface area contributed by atoms with Crippen LogP contribution in [0.25, 0.3) is 11.1 Å². The van der Waals surface area contributed by atoms with Crippen molar-refractivity contribution in [2.75, 3.05) is 25.4 Å². The van der Waals surface area contributed by atoms with E-state index in [0.717, 1.165) is 6.07 Å². The van der Waals surface area contributed by atoms with Crippen LogP contribution in [0.4, 0.5) is 10.1 Å². The highest BCUT2D eigenvalue weighted by Gasteiger charge is 2.27. The van der Waals surface area contributed by atoms with Gasteiger partial charge in [-0.15, -0.1) is 0 Å². The van der Waals surface area contributed by atoms with Crippen LogP contribution in [0.3, 0.4) is 0 Å². The van der Waals surface area contributed by atoms with Gasteiger partial charge in [0.1, 0.15) is 34.7 Å². The molecule has 1 heterocycles. The third kappa shape index (κ3) is 5.08. The molecule has 2 unspecified atom stereocenters. The number of likely N-dealkylation sites (N-methyl/N-ethyl adjacent to an activating group) is 1. The maximum atomic E-state index is 14.8. The first-order chi connectivity index (χ1) is 16.6. The SMILES string of the molecule is COc1ccc2c(c1)-c1cc(c(F)cc1Cl)N[S+]([O-])c1cc(cc(Cl)c1O)C(=O)N(C)CC(C)O2. The van der Waals surface area contributed by atoms with E-state index >= 15 is 0 Å². The molecule has 0 radical (unpaired) electrons. The number of anilines is 1. The average molecular weight is 539 g/mol. The fourth-order valence-corrected chi connectivity index (χ4v) is 5.23. The molecule has 0 saturated carbocycles. The van der Waals surface area contributed by atoms with Crippen molar-refractivity contribution in [3.63, 3.8) is 0 Å². The summed E-state index contributed by atoms with van der Waals surface area (Å²) in [5.41, 5.74) is 0.850. The van der Waals surface area contributed by atoms with Crippen molar-refractivity contribution in [2.24, 2.45) is 0 Å². The molecule has 35 heavy (non-hydrogen) atoms. The fraction of sp³-hybridized carbons (Fsp3) is 0.208. The molecule has 184 valence electrons. The first-order valence-corrected chi connectivity index (χ1v) is 12.3. The maximum Gasteiger partial charge on any atom is 0.253 e. The molecule has 0 spiro atoms. The van der Waals surface area contributed by atoms with Gasteiger partial charge in [-0.2, -0.15) is 0 Å². The molecule has 3 aromatic rings. The molecule has 0 saturated heterocycles. The Bertz CT molecular complexity index is 1310. The highest BCUT2D eigenvalue weighted by atomic mass is 35.5. The number of fused-ring (bicyclic) bond motifs is 6. The van der Waals surface area contributed by atoms with Gasteiger partial charge in [-0.1, -0.05) is 23.2 Å². The Kier molecular flexibility index (Phi) is 7.23. The summed E-state index contributed by atoms with van der Waals surface area (Å²) < 4.78 is 42.0. The monoisotopic (exact) mass is 538 g/mol. The summed E-state index contributed by atoms with van der Waals surface area (Å²) in [6.45, 7) is 1.99. The number of aromatic hydroxyl groups is 1. The lowest BCUT2D eigenvalue weighted by Gasteiger charge is -2.24. The first-order valence-electron chi connectivity index (χ1n) is 10.4. The molecule has 0 aliphatic carbocycles. The van der Waals surface area contributed by atoms with Crippen molar-refractivity contribution in [1.29, 1.82) is 0 Å². The van der Waals surface area contributed by atoms with E-state index in [1.54, 1.807) is 32.2 Å². The Morgan fingerprint density at radius 2 is 1.94 bits per heavy atom. The summed E-state index contributed by atoms with van der Waals surface area (Å²) in [5.74, 6) is -0.745. The molecule has 3 aromatic carbocycles. The van der Waals surface area contributed by atoms with Crippen molar-refractivity contribution in [3.8, 4) is 28.4 Å². The largest absolute Gasteiger partial charge is 0.588 e. The minimum atomic E-state index is -2.18. The second-order valence-corrected chi connectivity index (χ2v) is 9.96. The summed E-state index contributed by atoms with van der Waals surface area (Å²) in [5, 5.41) is 10.3. The number of phenols is 1. The first kappa shape index (κ1) is 25.2. The van der Waals surface area contributed by atoms with Gasteiger partial charge in [0.25, 0.3) is 5.91 Å². The smallest absolute Gasteiger partial charge is 0.253 e. The quantitative estimate of drug-likeness (QED) is 0.397. The summed E-state index contributed by atoms with van der Waals surface area (Å²) in [7, 11) is 3.09. The average Bonchev–Trinajstić information content (AvgIpc) is 2.81. The van der Waals surface area contributed by atoms with Gasteiger partial charge < -0.3 is 24.0 Å². The number of amides is 1. The second kappa shape index (κ2) is 10.0. The van der Waals surface area contributed by atoms with Crippen LogP contribution >= 0.6 is 23.2 Å². The van der Waals surface area contributed by atoms with Gasteiger partial charge in [0.05, 0.1) is 23.7 Å². The van der Waals surface area contributed by atoms with E-state index in [2.05, 4.69) is 4.72 Å². The zero-order valence-corrected chi connectivity index (χ0v) is 21.2. The predicted molar refractivity (Wildman–Crippen MR) is 134 cm³/mol. The van der Waals surface area contributed by atoms with Crippen LogP contribution in [0.15, 0.2) is 47.4 Å². The van der Waals surface area contributed by atoms with E-state index in [4.69, 9.17) is 32.7 Å². The molecule has 7 nitrogen and oxygen atoms in total. The molecule has 2 atom stereocenters. The number of benzene rings is 3. The molecule has 1 amide bonds. The van der Waals surface area contributed by atoms with Gasteiger partial charge in [-0.05, 0) is 43.3 Å². The third-order valence-electron chi connectivity index (χ3n) is 5.42. The van der Waals surface area contributed by atoms with E-state index in [1.165, 1.54) is 30.2 Å². The standard InChI is InChI=1S/C24H21Cl2FN2O5S/c1-12-11-29(2)24(31)13-6-18(26)23(30)22(7-13)35(32)28-20-9-15(17(25)10-19(20)27)16-8-14(33-3)4-5-21(16)34-12/h4-10,12,28,30H,11H2,1-3H3. The number of carbonyl (C=O) groups excluding carboxylic acids is 1. The number of hydrogen-bond acceptors (Lipinski definition) is 6. The number of ether oxygens (including phenoxy) is 2. The number of rotatable bonds is 1. The molecule has 11 heteroatoms. The molecule has 0 aromatic heterocycles. The van der Waals surface area contributed by atoms with Crippen molar-refractivity contribution < 1.29 is 28.3 Å². The summed E-state index contributed by atoms with van der Waals surface area (Å²) in [6, 6.07) is 10.1. The molecule has 1 aliphatic rings. The highest BCUT2D eigenvalue weighted by Crippen LogP contribution is 2.41. The molecule has 2 N–H and O–H groups in total. The molecular weight excluding hydrogens is 518 g/mol. The third-order valence-corrected chi connectivity index (χ3v) is 7.13. The minimum Gasteiger partial charge on any atom is -0.588 e. The van der Waals surface area contributed by atoms with Crippen molar-refractivity contribution in [1.82, 2.24) is 4.90 Å². The van der Waals surface area contributed by atoms with Gasteiger partial charge in [-0.3, -0.25) is 4.79 Å². The van der Waals surface area contributed by atoms with Crippen LogP contribution in [0.1, 0.15) is 17.3 Å². The lowest BCUT2D eigenvalue weighted by Crippen LogP contribution is -2.35. The number of nitrogens with one attached hydrogen (secondary N) is 1. The van der Waals surface area contributed by atoms with Crippen LogP contribution in [0.2, 0.25) is 10.0 Å². The Morgan fingerprint density at radius 3 is 2.66 bits per heavy atom. The number of hydrogen-bond donors (Lipinski definition) is 2. The van der Waals surface area contributed by atoms with Gasteiger partial charge in [0, 0.05) is 29.8 Å². The molecular formula is C24H21Cl2FN2O5S. The molecule has 4 rings (SSSR count). The molecule has 1 aliphatic heterocycles. The summed E-state index contributed by atoms with van der Waals surface area (Å²) in [6.07, 6.45) is -0.459. The number of carbonyl (C=O) groups is 1. The van der Waals surface area contributed by atoms with Crippen molar-refractivity contribution in [2.45, 2.75) is 17.9 Å². The van der Waals surface area contributed by atoms with Crippen molar-refractivity contribution in [3.05, 3.63) is 63.9 Å². The Labute approximate surface area is 214 Å². The lowest BCUT2D eigenvalue weighted by molar-refractivity contribution is 0.0727. The van der Waals surface area contributed by atoms with E-state index in [-0.39, 0.29) is 32.7 Å². The van der Waals surface area contributed by atoms with Crippen LogP contribution in [0, 0.1) is 5.82 Å². The lowest BCUT2D eigenvalue weighted by atomic mass is 10.0. The van der Waals surface area contributed by atoms with Crippen LogP contribution < -0.4 is 14.2 Å². The van der Waals surface area contributed by atoms with Gasteiger partial charge in [-0.25, -0.2) is 9.11 Å². The summed E-state index contributed by atoms with van der Waals surface area (Å²) in [4.78, 5) is 14.3. The van der Waals surface area contributed by atoms with Gasteiger partial charge >= 0.3 is 0 Å². The topological polar surface area (TPSA) is 94.1 Å². The normalized spacial score (nSPS) is 18.0.